The fourth-order valence-electron chi connectivity index (χ4n) is 1.56. The monoisotopic (exact) mass is 224 g/mol. The number of hydrogen-bond donors (Lipinski definition) is 2. The van der Waals surface area contributed by atoms with E-state index in [9.17, 15) is 10.3 Å². The largest absolute Gasteiger partial charge is 0.761 e. The van der Waals surface area contributed by atoms with Gasteiger partial charge < -0.3 is 20.5 Å². The van der Waals surface area contributed by atoms with Gasteiger partial charge in [-0.25, -0.2) is 0 Å². The Labute approximate surface area is 95.8 Å². The molecule has 16 heavy (non-hydrogen) atoms. The molecule has 0 aliphatic rings. The van der Waals surface area contributed by atoms with Gasteiger partial charge in [0.15, 0.2) is 0 Å². The van der Waals surface area contributed by atoms with E-state index in [0.717, 1.165) is 5.56 Å². The third-order valence-corrected chi connectivity index (χ3v) is 2.52. The van der Waals surface area contributed by atoms with Gasteiger partial charge in [-0.05, 0) is 23.1 Å². The van der Waals surface area contributed by atoms with E-state index in [-0.39, 0.29) is 12.0 Å². The minimum Gasteiger partial charge on any atom is -0.761 e. The van der Waals surface area contributed by atoms with Gasteiger partial charge in [-0.3, -0.25) is 0 Å². The molecule has 0 atom stereocenters. The summed E-state index contributed by atoms with van der Waals surface area (Å²) in [6.45, 7) is 5.99. The normalized spacial score (nSPS) is 11.4. The second-order valence-corrected chi connectivity index (χ2v) is 4.73. The fourth-order valence-corrected chi connectivity index (χ4v) is 1.56. The van der Waals surface area contributed by atoms with E-state index in [1.54, 1.807) is 6.07 Å². The maximum atomic E-state index is 10.8. The van der Waals surface area contributed by atoms with Crippen molar-refractivity contribution in [1.82, 2.24) is 0 Å². The van der Waals surface area contributed by atoms with Crippen LogP contribution in [0.1, 0.15) is 31.9 Å². The van der Waals surface area contributed by atoms with Crippen LogP contribution >= 0.6 is 0 Å². The molecular weight excluding hydrogens is 206 g/mol. The average Bonchev–Trinajstić information content (AvgIpc) is 2.25. The predicted molar refractivity (Wildman–Crippen MR) is 64.6 cm³/mol. The third-order valence-electron chi connectivity index (χ3n) is 2.52. The Hall–Kier alpha value is -1.26. The molecule has 2 N–H and O–H groups in total. The van der Waals surface area contributed by atoms with Crippen LogP contribution in [0, 0.1) is 5.21 Å². The Morgan fingerprint density at radius 1 is 1.38 bits per heavy atom. The van der Waals surface area contributed by atoms with E-state index in [1.165, 1.54) is 7.11 Å². The Balaban J connectivity index is 3.37. The third kappa shape index (κ3) is 2.46. The second kappa shape index (κ2) is 4.72. The lowest BCUT2D eigenvalue weighted by molar-refractivity contribution is 0.273. The highest BCUT2D eigenvalue weighted by Crippen LogP contribution is 2.35. The SMILES string of the molecule is COc1c(CO)cc(C(C)(C)C)cc1N[O-]. The molecule has 0 heterocycles. The van der Waals surface area contributed by atoms with Gasteiger partial charge in [0, 0.05) is 5.56 Å². The molecule has 0 radical (unpaired) electrons. The molecule has 4 nitrogen and oxygen atoms in total. The van der Waals surface area contributed by atoms with Crippen molar-refractivity contribution in [2.75, 3.05) is 12.6 Å². The van der Waals surface area contributed by atoms with Gasteiger partial charge in [0.05, 0.1) is 19.4 Å². The van der Waals surface area contributed by atoms with Crippen LogP contribution in [0.2, 0.25) is 0 Å². The summed E-state index contributed by atoms with van der Waals surface area (Å²) in [6, 6.07) is 3.62. The van der Waals surface area contributed by atoms with Crippen molar-refractivity contribution >= 4 is 5.69 Å². The topological polar surface area (TPSA) is 64.5 Å². The van der Waals surface area contributed by atoms with Gasteiger partial charge in [0.2, 0.25) is 0 Å². The number of rotatable bonds is 3. The van der Waals surface area contributed by atoms with Gasteiger partial charge in [-0.2, -0.15) is 0 Å². The first kappa shape index (κ1) is 12.8. The molecule has 0 saturated heterocycles. The maximum Gasteiger partial charge on any atom is 0.146 e. The van der Waals surface area contributed by atoms with E-state index >= 15 is 0 Å². The lowest BCUT2D eigenvalue weighted by Gasteiger charge is -2.24. The molecule has 0 unspecified atom stereocenters. The summed E-state index contributed by atoms with van der Waals surface area (Å²) in [5.41, 5.74) is 3.73. The van der Waals surface area contributed by atoms with E-state index in [0.29, 0.717) is 17.0 Å². The number of methoxy groups -OCH3 is 1. The van der Waals surface area contributed by atoms with Crippen LogP contribution in [0.25, 0.3) is 0 Å². The van der Waals surface area contributed by atoms with Crippen molar-refractivity contribution < 1.29 is 9.84 Å². The van der Waals surface area contributed by atoms with Crippen molar-refractivity contribution in [1.29, 1.82) is 0 Å². The summed E-state index contributed by atoms with van der Waals surface area (Å²) in [6.07, 6.45) is 0. The van der Waals surface area contributed by atoms with Crippen molar-refractivity contribution in [2.24, 2.45) is 0 Å². The first-order valence-electron chi connectivity index (χ1n) is 5.14. The lowest BCUT2D eigenvalue weighted by Crippen LogP contribution is -2.12. The molecule has 90 valence electrons. The Morgan fingerprint density at radius 3 is 2.38 bits per heavy atom. The minimum absolute atomic E-state index is 0.0816. The molecule has 1 aromatic rings. The maximum absolute atomic E-state index is 10.8. The smallest absolute Gasteiger partial charge is 0.146 e. The molecule has 0 fully saturated rings. The Bertz CT molecular complexity index is 344. The van der Waals surface area contributed by atoms with Gasteiger partial charge in [0.1, 0.15) is 5.75 Å². The van der Waals surface area contributed by atoms with Crippen molar-refractivity contribution in [2.45, 2.75) is 32.8 Å². The molecule has 1 aromatic carbocycles. The molecule has 4 heteroatoms. The Kier molecular flexibility index (Phi) is 3.78. The fraction of sp³-hybridized carbons (Fsp3) is 0.500. The molecule has 0 saturated carbocycles. The second-order valence-electron chi connectivity index (χ2n) is 4.73. The van der Waals surface area contributed by atoms with E-state index in [1.807, 2.05) is 32.3 Å². The molecule has 0 spiro atoms. The lowest BCUT2D eigenvalue weighted by atomic mass is 9.85. The number of ether oxygens (including phenoxy) is 1. The zero-order valence-electron chi connectivity index (χ0n) is 10.1. The van der Waals surface area contributed by atoms with Crippen LogP contribution in [-0.2, 0) is 12.0 Å². The highest BCUT2D eigenvalue weighted by atomic mass is 16.5. The average molecular weight is 224 g/mol. The summed E-state index contributed by atoms with van der Waals surface area (Å²) in [5.74, 6) is 0.408. The molecule has 0 bridgehead atoms. The van der Waals surface area contributed by atoms with Gasteiger partial charge in [-0.15, -0.1) is 0 Å². The molecule has 0 aromatic heterocycles. The summed E-state index contributed by atoms with van der Waals surface area (Å²) < 4.78 is 5.10. The van der Waals surface area contributed by atoms with Crippen molar-refractivity contribution in [3.05, 3.63) is 28.5 Å². The summed E-state index contributed by atoms with van der Waals surface area (Å²) in [4.78, 5) is 0. The number of benzene rings is 1. The first-order chi connectivity index (χ1) is 7.43. The van der Waals surface area contributed by atoms with Gasteiger partial charge in [0.25, 0.3) is 0 Å². The standard InChI is InChI=1S/C12H18NO3/c1-12(2,3)9-5-8(7-14)11(16-4)10(6-9)13-15/h5-6,13-14H,7H2,1-4H3/q-1. The predicted octanol–water partition coefficient (Wildman–Crippen LogP) is 2.39. The number of anilines is 1. The van der Waals surface area contributed by atoms with E-state index < -0.39 is 0 Å². The molecule has 0 aliphatic heterocycles. The molecule has 0 amide bonds. The van der Waals surface area contributed by atoms with Gasteiger partial charge >= 0.3 is 0 Å². The van der Waals surface area contributed by atoms with Crippen molar-refractivity contribution in [3.63, 3.8) is 0 Å². The first-order valence-corrected chi connectivity index (χ1v) is 5.14. The number of aliphatic hydroxyl groups is 1. The van der Waals surface area contributed by atoms with Crippen molar-refractivity contribution in [3.8, 4) is 5.75 Å². The molecular formula is C12H18NO3-. The highest BCUT2D eigenvalue weighted by Gasteiger charge is 2.18. The van der Waals surface area contributed by atoms with Crippen LogP contribution in [0.15, 0.2) is 12.1 Å². The number of nitrogens with one attached hydrogen (secondary N) is 1. The summed E-state index contributed by atoms with van der Waals surface area (Å²) in [5, 5.41) is 20.1. The number of hydrogen-bond acceptors (Lipinski definition) is 4. The summed E-state index contributed by atoms with van der Waals surface area (Å²) >= 11 is 0. The zero-order chi connectivity index (χ0) is 12.3. The quantitative estimate of drug-likeness (QED) is 0.774. The van der Waals surface area contributed by atoms with Gasteiger partial charge in [-0.1, -0.05) is 20.8 Å². The zero-order valence-corrected chi connectivity index (χ0v) is 10.1. The molecule has 1 rings (SSSR count). The van der Waals surface area contributed by atoms with Crippen LogP contribution in [0.5, 0.6) is 5.75 Å². The van der Waals surface area contributed by atoms with Crippen LogP contribution in [0.3, 0.4) is 0 Å². The van der Waals surface area contributed by atoms with Crippen LogP contribution in [-0.4, -0.2) is 12.2 Å². The van der Waals surface area contributed by atoms with Crippen LogP contribution in [0.4, 0.5) is 5.69 Å². The van der Waals surface area contributed by atoms with Crippen LogP contribution < -0.4 is 10.2 Å². The highest BCUT2D eigenvalue weighted by molar-refractivity contribution is 5.63. The number of aliphatic hydroxyl groups excluding tert-OH is 1. The summed E-state index contributed by atoms with van der Waals surface area (Å²) in [7, 11) is 1.48. The van der Waals surface area contributed by atoms with E-state index in [4.69, 9.17) is 4.74 Å². The molecule has 0 aliphatic carbocycles. The van der Waals surface area contributed by atoms with E-state index in [2.05, 4.69) is 0 Å². The Morgan fingerprint density at radius 2 is 2.00 bits per heavy atom. The minimum atomic E-state index is -0.151.